The predicted molar refractivity (Wildman–Crippen MR) is 65.2 cm³/mol. The summed E-state index contributed by atoms with van der Waals surface area (Å²) in [5, 5.41) is 0. The molecule has 1 aliphatic rings. The quantitative estimate of drug-likeness (QED) is 0.454. The molecule has 0 saturated heterocycles. The summed E-state index contributed by atoms with van der Waals surface area (Å²) in [4.78, 5) is 34.2. The van der Waals surface area contributed by atoms with Gasteiger partial charge < -0.3 is 4.74 Å². The second kappa shape index (κ2) is 5.05. The summed E-state index contributed by atoms with van der Waals surface area (Å²) in [6, 6.07) is 0. The molecule has 0 aromatic rings. The minimum absolute atomic E-state index is 0.0385. The van der Waals surface area contributed by atoms with Crippen molar-refractivity contribution in [1.82, 2.24) is 0 Å². The summed E-state index contributed by atoms with van der Waals surface area (Å²) in [7, 11) is 0. The van der Waals surface area contributed by atoms with E-state index in [2.05, 4.69) is 29.1 Å². The van der Waals surface area contributed by atoms with Crippen LogP contribution in [0.1, 0.15) is 6.92 Å². The van der Waals surface area contributed by atoms with Crippen LogP contribution < -0.4 is 0 Å². The molecule has 0 aromatic carbocycles. The first kappa shape index (κ1) is 13.3. The number of esters is 1. The van der Waals surface area contributed by atoms with Gasteiger partial charge in [0.1, 0.15) is 5.76 Å². The maximum Gasteiger partial charge on any atom is 0.308 e. The number of Topliss-reactive ketones (excluding diaryl/α,β-unsaturated/α-hetero) is 1. The van der Waals surface area contributed by atoms with Crippen molar-refractivity contribution in [2.45, 2.75) is 6.92 Å². The van der Waals surface area contributed by atoms with Crippen molar-refractivity contribution < 1.29 is 19.1 Å². The monoisotopic (exact) mass is 296 g/mol. The average Bonchev–Trinajstić information content (AvgIpc) is 2.21. The van der Waals surface area contributed by atoms with Crippen LogP contribution in [0.5, 0.6) is 0 Å². The van der Waals surface area contributed by atoms with Crippen LogP contribution >= 0.6 is 15.9 Å². The average molecular weight is 297 g/mol. The Hall–Kier alpha value is -1.75. The number of carbonyl (C=O) groups excluding carboxylic acids is 3. The number of halogens is 1. The summed E-state index contributed by atoms with van der Waals surface area (Å²) in [6.45, 7) is 8.10. The number of allylic oxidation sites excluding steroid dienone is 5. The second-order valence-corrected chi connectivity index (χ2v) is 4.05. The molecule has 17 heavy (non-hydrogen) atoms. The van der Waals surface area contributed by atoms with Gasteiger partial charge in [-0.25, -0.2) is 0 Å². The topological polar surface area (TPSA) is 60.4 Å². The Morgan fingerprint density at radius 1 is 1.47 bits per heavy atom. The summed E-state index contributed by atoms with van der Waals surface area (Å²) in [5.41, 5.74) is 0.0269. The summed E-state index contributed by atoms with van der Waals surface area (Å²) >= 11 is 2.97. The molecule has 0 unspecified atom stereocenters. The lowest BCUT2D eigenvalue weighted by atomic mass is 9.94. The van der Waals surface area contributed by atoms with Gasteiger partial charge in [-0.05, 0) is 15.9 Å². The molecule has 5 heteroatoms. The van der Waals surface area contributed by atoms with Crippen molar-refractivity contribution in [3.8, 4) is 0 Å². The van der Waals surface area contributed by atoms with E-state index in [1.54, 1.807) is 0 Å². The van der Waals surface area contributed by atoms with Gasteiger partial charge in [0.05, 0.1) is 10.1 Å². The molecule has 0 spiro atoms. The van der Waals surface area contributed by atoms with E-state index in [0.29, 0.717) is 0 Å². The lowest BCUT2D eigenvalue weighted by molar-refractivity contribution is -0.136. The molecule has 0 aliphatic heterocycles. The third-order valence-electron chi connectivity index (χ3n) is 1.98. The van der Waals surface area contributed by atoms with Crippen LogP contribution in [-0.2, 0) is 19.1 Å². The van der Waals surface area contributed by atoms with E-state index < -0.39 is 17.5 Å². The number of ketones is 2. The number of ether oxygens (including phenoxy) is 1. The highest BCUT2D eigenvalue weighted by Crippen LogP contribution is 2.27. The molecule has 0 bridgehead atoms. The van der Waals surface area contributed by atoms with Gasteiger partial charge in [-0.15, -0.1) is 0 Å². The second-order valence-electron chi connectivity index (χ2n) is 3.20. The highest BCUT2D eigenvalue weighted by molar-refractivity contribution is 9.12. The van der Waals surface area contributed by atoms with Crippen LogP contribution in [0.4, 0.5) is 0 Å². The number of carbonyl (C=O) groups is 3. The van der Waals surface area contributed by atoms with Crippen molar-refractivity contribution in [2.24, 2.45) is 0 Å². The van der Waals surface area contributed by atoms with E-state index >= 15 is 0 Å². The fourth-order valence-electron chi connectivity index (χ4n) is 1.33. The minimum Gasteiger partial charge on any atom is -0.427 e. The molecular weight excluding hydrogens is 288 g/mol. The van der Waals surface area contributed by atoms with Gasteiger partial charge >= 0.3 is 5.97 Å². The van der Waals surface area contributed by atoms with Crippen LogP contribution in [0.2, 0.25) is 0 Å². The fraction of sp³-hybridized carbons (Fsp3) is 0.0833. The van der Waals surface area contributed by atoms with E-state index in [-0.39, 0.29) is 21.4 Å². The van der Waals surface area contributed by atoms with Gasteiger partial charge in [0.25, 0.3) is 0 Å². The van der Waals surface area contributed by atoms with Gasteiger partial charge in [-0.3, -0.25) is 14.4 Å². The largest absolute Gasteiger partial charge is 0.427 e. The maximum atomic E-state index is 11.7. The Morgan fingerprint density at radius 2 is 2.06 bits per heavy atom. The van der Waals surface area contributed by atoms with E-state index in [0.717, 1.165) is 6.08 Å². The Kier molecular flexibility index (Phi) is 3.96. The molecule has 0 N–H and O–H groups in total. The van der Waals surface area contributed by atoms with Crippen LogP contribution in [0, 0.1) is 0 Å². The number of rotatable bonds is 3. The van der Waals surface area contributed by atoms with Gasteiger partial charge in [0.15, 0.2) is 5.78 Å². The van der Waals surface area contributed by atoms with Gasteiger partial charge in [0.2, 0.25) is 5.78 Å². The van der Waals surface area contributed by atoms with Crippen molar-refractivity contribution >= 4 is 33.5 Å². The van der Waals surface area contributed by atoms with Crippen molar-refractivity contribution in [3.63, 3.8) is 0 Å². The smallest absolute Gasteiger partial charge is 0.308 e. The van der Waals surface area contributed by atoms with Crippen molar-refractivity contribution in [3.05, 3.63) is 46.7 Å². The molecule has 1 rings (SSSR count). The first-order valence-corrected chi connectivity index (χ1v) is 5.38. The third-order valence-corrected chi connectivity index (χ3v) is 2.57. The Balaban J connectivity index is 3.26. The standard InChI is InChI=1S/C12H9BrO4/c1-4-8-11(6(2)17-7(3)14)10(15)5-9(13)12(8)16/h4-5H,1-2H2,3H3. The Morgan fingerprint density at radius 3 is 2.53 bits per heavy atom. The third kappa shape index (κ3) is 2.68. The molecule has 0 saturated carbocycles. The van der Waals surface area contributed by atoms with E-state index in [9.17, 15) is 14.4 Å². The maximum absolute atomic E-state index is 11.7. The number of hydrogen-bond acceptors (Lipinski definition) is 4. The summed E-state index contributed by atoms with van der Waals surface area (Å²) in [5.74, 6) is -1.62. The highest BCUT2D eigenvalue weighted by atomic mass is 79.9. The zero-order valence-corrected chi connectivity index (χ0v) is 10.7. The highest BCUT2D eigenvalue weighted by Gasteiger charge is 2.28. The Labute approximate surface area is 106 Å². The molecule has 0 radical (unpaired) electrons. The molecule has 4 nitrogen and oxygen atoms in total. The zero-order chi connectivity index (χ0) is 13.2. The number of hydrogen-bond donors (Lipinski definition) is 0. The van der Waals surface area contributed by atoms with Crippen molar-refractivity contribution in [2.75, 3.05) is 0 Å². The van der Waals surface area contributed by atoms with Crippen LogP contribution in [0.25, 0.3) is 0 Å². The van der Waals surface area contributed by atoms with E-state index in [1.165, 1.54) is 13.0 Å². The molecule has 0 atom stereocenters. The lowest BCUT2D eigenvalue weighted by Crippen LogP contribution is -2.18. The molecule has 0 aromatic heterocycles. The van der Waals surface area contributed by atoms with Gasteiger partial charge in [-0.2, -0.15) is 0 Å². The summed E-state index contributed by atoms with van der Waals surface area (Å²) < 4.78 is 4.86. The fourth-order valence-corrected chi connectivity index (χ4v) is 1.76. The molecule has 88 valence electrons. The molecule has 0 fully saturated rings. The van der Waals surface area contributed by atoms with Gasteiger partial charge in [-0.1, -0.05) is 19.2 Å². The first-order valence-electron chi connectivity index (χ1n) is 4.59. The molecule has 0 heterocycles. The summed E-state index contributed by atoms with van der Waals surface area (Å²) in [6.07, 6.45) is 2.35. The predicted octanol–water partition coefficient (Wildman–Crippen LogP) is 1.98. The molecule has 1 aliphatic carbocycles. The first-order chi connectivity index (χ1) is 7.88. The zero-order valence-electron chi connectivity index (χ0n) is 9.08. The molecule has 0 amide bonds. The SMILES string of the molecule is C=CC1=C(C(=C)OC(C)=O)C(=O)C=C(Br)C1=O. The van der Waals surface area contributed by atoms with Crippen LogP contribution in [-0.4, -0.2) is 17.5 Å². The van der Waals surface area contributed by atoms with Crippen LogP contribution in [0.3, 0.4) is 0 Å². The minimum atomic E-state index is -0.611. The Bertz CT molecular complexity index is 509. The molecular formula is C12H9BrO4. The lowest BCUT2D eigenvalue weighted by Gasteiger charge is -2.15. The van der Waals surface area contributed by atoms with E-state index in [4.69, 9.17) is 4.74 Å². The normalized spacial score (nSPS) is 15.5. The van der Waals surface area contributed by atoms with E-state index in [1.807, 2.05) is 0 Å². The van der Waals surface area contributed by atoms with Crippen LogP contribution in [0.15, 0.2) is 46.7 Å². The van der Waals surface area contributed by atoms with Crippen molar-refractivity contribution in [1.29, 1.82) is 0 Å². The van der Waals surface area contributed by atoms with Gasteiger partial charge in [0, 0.05) is 18.6 Å².